The van der Waals surface area contributed by atoms with Crippen LogP contribution in [0, 0.1) is 0 Å². The number of hydrogen-bond donors (Lipinski definition) is 0. The Labute approximate surface area is 444 Å². The minimum atomic E-state index is 0.978. The summed E-state index contributed by atoms with van der Waals surface area (Å²) in [5, 5.41) is 18.3. The summed E-state index contributed by atoms with van der Waals surface area (Å²) in [5.74, 6) is 0. The summed E-state index contributed by atoms with van der Waals surface area (Å²) in [6, 6.07) is 92.3. The zero-order chi connectivity index (χ0) is 50.5. The van der Waals surface area contributed by atoms with Crippen molar-refractivity contribution < 1.29 is 0 Å². The van der Waals surface area contributed by atoms with Crippen LogP contribution in [0.5, 0.6) is 0 Å². The molecule has 0 aliphatic rings. The molecule has 0 fully saturated rings. The van der Waals surface area contributed by atoms with Crippen molar-refractivity contribution in [3.05, 3.63) is 249 Å². The fraction of sp³-hybridized carbons (Fsp3) is 0. The van der Waals surface area contributed by atoms with E-state index in [2.05, 4.69) is 267 Å². The third kappa shape index (κ3) is 5.09. The van der Waals surface area contributed by atoms with Crippen molar-refractivity contribution in [1.29, 1.82) is 0 Å². The van der Waals surface area contributed by atoms with Gasteiger partial charge < -0.3 is 13.5 Å². The van der Waals surface area contributed by atoms with Crippen LogP contribution in [0.25, 0.3) is 175 Å². The van der Waals surface area contributed by atoms with Crippen molar-refractivity contribution in [1.82, 2.24) is 22.9 Å². The van der Waals surface area contributed by atoms with Crippen LogP contribution in [0.15, 0.2) is 249 Å². The van der Waals surface area contributed by atoms with Gasteiger partial charge in [-0.2, -0.15) is 0 Å². The molecule has 0 spiro atoms. The minimum absolute atomic E-state index is 0.978. The lowest BCUT2D eigenvalue weighted by Crippen LogP contribution is -1.93. The average molecular weight is 988 g/mol. The zero-order valence-electron chi connectivity index (χ0n) is 41.9. The Bertz CT molecular complexity index is 5790. The summed E-state index contributed by atoms with van der Waals surface area (Å²) >= 11 is 0. The Morgan fingerprint density at radius 2 is 0.769 bits per heavy atom. The van der Waals surface area contributed by atoms with E-state index in [4.69, 9.17) is 4.98 Å². The summed E-state index contributed by atoms with van der Waals surface area (Å²) in [5.41, 5.74) is 19.8. The van der Waals surface area contributed by atoms with Gasteiger partial charge >= 0.3 is 0 Å². The van der Waals surface area contributed by atoms with Crippen molar-refractivity contribution in [2.24, 2.45) is 0 Å². The first-order chi connectivity index (χ1) is 38.7. The number of benzene rings is 12. The van der Waals surface area contributed by atoms with Crippen LogP contribution in [0.4, 0.5) is 0 Å². The molecule has 19 rings (SSSR count). The lowest BCUT2D eigenvalue weighted by Gasteiger charge is -2.13. The first-order valence-electron chi connectivity index (χ1n) is 27.0. The summed E-state index contributed by atoms with van der Waals surface area (Å²) in [4.78, 5) is 6.03. The Hall–Kier alpha value is -10.5. The van der Waals surface area contributed by atoms with Gasteiger partial charge in [-0.1, -0.05) is 170 Å². The summed E-state index contributed by atoms with van der Waals surface area (Å²) in [7, 11) is 0. The number of hydrogen-bond acceptors (Lipinski definition) is 1. The summed E-state index contributed by atoms with van der Waals surface area (Å²) < 4.78 is 9.89. The second kappa shape index (κ2) is 14.7. The van der Waals surface area contributed by atoms with Crippen LogP contribution < -0.4 is 0 Å². The van der Waals surface area contributed by atoms with Gasteiger partial charge in [0.1, 0.15) is 5.65 Å². The average Bonchev–Trinajstić information content (AvgIpc) is 4.50. The van der Waals surface area contributed by atoms with Crippen molar-refractivity contribution in [2.75, 3.05) is 0 Å². The molecule has 0 N–H and O–H groups in total. The molecule has 12 aromatic carbocycles. The summed E-state index contributed by atoms with van der Waals surface area (Å²) in [6.45, 7) is 0. The Morgan fingerprint density at radius 1 is 0.269 bits per heavy atom. The molecular formula is C73H41N5. The highest BCUT2D eigenvalue weighted by Gasteiger charge is 2.28. The van der Waals surface area contributed by atoms with Crippen molar-refractivity contribution >= 4 is 142 Å². The van der Waals surface area contributed by atoms with E-state index < -0.39 is 0 Å². The van der Waals surface area contributed by atoms with Crippen LogP contribution in [0.1, 0.15) is 0 Å². The van der Waals surface area contributed by atoms with Crippen LogP contribution in [-0.4, -0.2) is 22.9 Å². The molecule has 0 unspecified atom stereocenters. The SMILES string of the molecule is c1ccc(-n2c3ccccc3c3cc(-c4c5ccccc5cc5c6cc7ccccc7c7c8nc9c(cc8n(c45)c67)c4cccc5c6cccc(-c7ccc8c(c7)c7ccccc7n8-c7ccccc7)c6n9c45)ccc32)cc1. The van der Waals surface area contributed by atoms with Crippen LogP contribution in [0.2, 0.25) is 0 Å². The summed E-state index contributed by atoms with van der Waals surface area (Å²) in [6.07, 6.45) is 0. The second-order valence-corrected chi connectivity index (χ2v) is 21.4. The standard InChI is InChI=1S/C73H41N5/c1-3-19-46(20-4-1)75-61-31-13-11-25-51(61)56-37-44(33-35-63(56)75)50-27-15-28-53-54-29-16-30-55-60-41-65-68(74-73(60)78(69(50)53)70(54)55)67-49-24-10-8-18-43(49)39-59-58-38-42-17-7-9-23-48(42)66(71(58)77(65)72(59)67)45-34-36-64-57(40-45)52-26-12-14-32-62(52)76(64)47-21-5-2-6-22-47/h1-41H. The van der Waals surface area contributed by atoms with E-state index in [9.17, 15) is 0 Å². The van der Waals surface area contributed by atoms with E-state index in [0.29, 0.717) is 0 Å². The number of fused-ring (bicyclic) bond motifs is 21. The first-order valence-corrected chi connectivity index (χ1v) is 27.0. The fourth-order valence-corrected chi connectivity index (χ4v) is 14.4. The van der Waals surface area contributed by atoms with Crippen molar-refractivity contribution in [2.45, 2.75) is 0 Å². The topological polar surface area (TPSA) is 31.6 Å². The molecule has 0 aliphatic heterocycles. The van der Waals surface area contributed by atoms with E-state index in [1.54, 1.807) is 0 Å². The van der Waals surface area contributed by atoms with Gasteiger partial charge in [0.25, 0.3) is 0 Å². The first kappa shape index (κ1) is 40.8. The molecule has 5 nitrogen and oxygen atoms in total. The highest BCUT2D eigenvalue weighted by Crippen LogP contribution is 2.50. The van der Waals surface area contributed by atoms with Gasteiger partial charge in [-0.15, -0.1) is 0 Å². The lowest BCUT2D eigenvalue weighted by atomic mass is 9.93. The highest BCUT2D eigenvalue weighted by molar-refractivity contribution is 6.35. The molecule has 7 heterocycles. The zero-order valence-corrected chi connectivity index (χ0v) is 41.9. The second-order valence-electron chi connectivity index (χ2n) is 21.4. The molecular weight excluding hydrogens is 947 g/mol. The van der Waals surface area contributed by atoms with Crippen LogP contribution in [0.3, 0.4) is 0 Å². The predicted molar refractivity (Wildman–Crippen MR) is 328 cm³/mol. The van der Waals surface area contributed by atoms with Gasteiger partial charge in [-0.05, 0) is 112 Å². The quantitative estimate of drug-likeness (QED) is 0.173. The van der Waals surface area contributed by atoms with Gasteiger partial charge in [0.15, 0.2) is 0 Å². The maximum atomic E-state index is 6.03. The maximum absolute atomic E-state index is 6.03. The third-order valence-electron chi connectivity index (χ3n) is 17.5. The molecule has 358 valence electrons. The molecule has 0 atom stereocenters. The molecule has 7 aromatic heterocycles. The number of aromatic nitrogens is 5. The van der Waals surface area contributed by atoms with Crippen LogP contribution in [-0.2, 0) is 0 Å². The largest absolute Gasteiger partial charge is 0.309 e. The molecule has 0 aliphatic carbocycles. The van der Waals surface area contributed by atoms with E-state index in [-0.39, 0.29) is 0 Å². The molecule has 0 saturated carbocycles. The van der Waals surface area contributed by atoms with Gasteiger partial charge in [0.05, 0.1) is 55.2 Å². The van der Waals surface area contributed by atoms with Crippen molar-refractivity contribution in [3.63, 3.8) is 0 Å². The van der Waals surface area contributed by atoms with Gasteiger partial charge in [-0.3, -0.25) is 4.40 Å². The molecule has 5 heteroatoms. The molecule has 19 aromatic rings. The molecule has 0 saturated heterocycles. The number of pyridine rings is 1. The monoisotopic (exact) mass is 987 g/mol. The molecule has 0 amide bonds. The Balaban J connectivity index is 0.932. The lowest BCUT2D eigenvalue weighted by molar-refractivity contribution is 1.18. The van der Waals surface area contributed by atoms with Gasteiger partial charge in [0, 0.05) is 81.8 Å². The van der Waals surface area contributed by atoms with Gasteiger partial charge in [-0.25, -0.2) is 4.98 Å². The minimum Gasteiger partial charge on any atom is -0.309 e. The normalized spacial score (nSPS) is 12.6. The van der Waals surface area contributed by atoms with E-state index in [0.717, 1.165) is 33.4 Å². The number of rotatable bonds is 4. The van der Waals surface area contributed by atoms with Crippen molar-refractivity contribution in [3.8, 4) is 33.6 Å². The van der Waals surface area contributed by atoms with E-state index in [1.165, 1.54) is 142 Å². The van der Waals surface area contributed by atoms with Crippen LogP contribution >= 0.6 is 0 Å². The molecule has 0 radical (unpaired) electrons. The number of nitrogens with zero attached hydrogens (tertiary/aromatic N) is 5. The predicted octanol–water partition coefficient (Wildman–Crippen LogP) is 19.2. The smallest absolute Gasteiger partial charge is 0.146 e. The fourth-order valence-electron chi connectivity index (χ4n) is 14.4. The van der Waals surface area contributed by atoms with E-state index in [1.807, 2.05) is 0 Å². The number of para-hydroxylation sites is 6. The van der Waals surface area contributed by atoms with E-state index >= 15 is 0 Å². The molecule has 0 bridgehead atoms. The van der Waals surface area contributed by atoms with Gasteiger partial charge in [0.2, 0.25) is 0 Å². The third-order valence-corrected chi connectivity index (χ3v) is 17.5. The Kier molecular flexibility index (Phi) is 7.68. The molecule has 78 heavy (non-hydrogen) atoms. The Morgan fingerprint density at radius 3 is 1.45 bits per heavy atom. The highest BCUT2D eigenvalue weighted by atomic mass is 15.0. The maximum Gasteiger partial charge on any atom is 0.146 e.